The average molecular weight is 897 g/mol. The van der Waals surface area contributed by atoms with Gasteiger partial charge in [-0.2, -0.15) is 0 Å². The molecule has 0 aliphatic carbocycles. The minimum atomic E-state index is -2.21. The van der Waals surface area contributed by atoms with E-state index >= 15 is 0 Å². The smallest absolute Gasteiger partial charge is 0.217 e. The summed E-state index contributed by atoms with van der Waals surface area (Å²) in [4.78, 5) is 24.7. The fourth-order valence-corrected chi connectivity index (χ4v) is 7.27. The van der Waals surface area contributed by atoms with Gasteiger partial charge in [0, 0.05) is 13.8 Å². The van der Waals surface area contributed by atoms with Crippen molar-refractivity contribution < 1.29 is 124 Å². The Bertz CT molecular complexity index is 1370. The number of hydrogen-bond acceptors (Lipinski definition) is 25. The Labute approximate surface area is 347 Å². The highest BCUT2D eigenvalue weighted by Crippen LogP contribution is 2.34. The molecule has 27 nitrogen and oxygen atoms in total. The van der Waals surface area contributed by atoms with Crippen molar-refractivity contribution in [2.45, 2.75) is 168 Å². The van der Waals surface area contributed by atoms with Crippen LogP contribution in [0.1, 0.15) is 20.8 Å². The minimum absolute atomic E-state index is 0.767. The molecule has 0 aromatic rings. The molecule has 0 radical (unpaired) electrons. The molecule has 0 aromatic heterocycles. The lowest BCUT2D eigenvalue weighted by atomic mass is 9.94. The molecular weight excluding hydrogens is 836 g/mol. The number of rotatable bonds is 18. The van der Waals surface area contributed by atoms with E-state index in [0.29, 0.717) is 0 Å². The van der Waals surface area contributed by atoms with Crippen LogP contribution in [-0.2, 0) is 47.5 Å². The number of amides is 2. The molecule has 61 heavy (non-hydrogen) atoms. The highest BCUT2D eigenvalue weighted by atomic mass is 16.8. The molecule has 4 aliphatic heterocycles. The molecule has 17 N–H and O–H groups in total. The lowest BCUT2D eigenvalue weighted by Gasteiger charge is -2.50. The van der Waals surface area contributed by atoms with Crippen LogP contribution in [0.25, 0.3) is 0 Å². The second kappa shape index (κ2) is 22.8. The topological polar surface area (TPSA) is 435 Å². The molecule has 0 aromatic carbocycles. The second-order valence-corrected chi connectivity index (χ2v) is 15.2. The van der Waals surface area contributed by atoms with Crippen LogP contribution < -0.4 is 10.6 Å². The third-order valence-electron chi connectivity index (χ3n) is 10.7. The van der Waals surface area contributed by atoms with Crippen molar-refractivity contribution in [2.75, 3.05) is 33.0 Å². The number of nitrogens with one attached hydrogen (secondary N) is 2. The molecule has 4 saturated heterocycles. The van der Waals surface area contributed by atoms with Gasteiger partial charge in [-0.1, -0.05) is 0 Å². The number of aliphatic hydroxyl groups excluding tert-OH is 15. The zero-order chi connectivity index (χ0) is 45.6. The molecule has 4 aliphatic rings. The van der Waals surface area contributed by atoms with Gasteiger partial charge in [0.15, 0.2) is 25.2 Å². The Balaban J connectivity index is 1.66. The fraction of sp³-hybridized carbons (Fsp3) is 0.941. The first kappa shape index (κ1) is 51.7. The minimum Gasteiger partial charge on any atom is -0.394 e. The summed E-state index contributed by atoms with van der Waals surface area (Å²) in [6.07, 6.45) is -40.1. The summed E-state index contributed by atoms with van der Waals surface area (Å²) in [6.45, 7) is -1.32. The second-order valence-electron chi connectivity index (χ2n) is 15.2. The maximum absolute atomic E-state index is 12.7. The molecular formula is C34H60N2O25. The summed E-state index contributed by atoms with van der Waals surface area (Å²) in [6, 6.07) is -3.25. The van der Waals surface area contributed by atoms with E-state index in [-0.39, 0.29) is 0 Å². The predicted octanol–water partition coefficient (Wildman–Crippen LogP) is -11.0. The van der Waals surface area contributed by atoms with Crippen LogP contribution in [0.3, 0.4) is 0 Å². The summed E-state index contributed by atoms with van der Waals surface area (Å²) in [7, 11) is 0. The van der Waals surface area contributed by atoms with E-state index in [1.807, 2.05) is 0 Å². The number of ether oxygens (including phenoxy) is 8. The first-order valence-corrected chi connectivity index (χ1v) is 19.4. The molecule has 2 amide bonds. The molecule has 0 spiro atoms. The van der Waals surface area contributed by atoms with Crippen molar-refractivity contribution in [1.29, 1.82) is 0 Å². The van der Waals surface area contributed by atoms with Crippen molar-refractivity contribution in [3.8, 4) is 0 Å². The number of aliphatic hydroxyl groups is 15. The van der Waals surface area contributed by atoms with E-state index < -0.39 is 192 Å². The van der Waals surface area contributed by atoms with E-state index in [2.05, 4.69) is 10.6 Å². The number of hydrogen-bond donors (Lipinski definition) is 17. The maximum Gasteiger partial charge on any atom is 0.217 e. The fourth-order valence-electron chi connectivity index (χ4n) is 7.27. The van der Waals surface area contributed by atoms with Gasteiger partial charge in [-0.05, 0) is 6.92 Å². The van der Waals surface area contributed by atoms with Crippen LogP contribution in [0, 0.1) is 0 Å². The van der Waals surface area contributed by atoms with Gasteiger partial charge >= 0.3 is 0 Å². The first-order valence-electron chi connectivity index (χ1n) is 19.4. The van der Waals surface area contributed by atoms with Crippen LogP contribution >= 0.6 is 0 Å². The standard InChI is InChI=1S/C34H60N2O25/c1-9-18(44)22(48)25(51)32(55-9)60-29-16(7-40)58-31(17(36-11(3)42)30(29)61-34-27(53)24(50)21(47)15(6-39)57-34)54-8-13(43)19(45)28(12(4-37)35-10(2)41)59-33-26(52)23(49)20(46)14(5-38)56-33/h9,12-34,37-40,43-53H,4-8H2,1-3H3,(H,35,41)(H,36,42)/t9-,12-,13+,14+,15+,16+,17+,18+,19-,20-,21-,22+,23-,24-,25-,26+,27+,28+,29+,30+,31+,32-,33-,34-/m0/s1. The molecule has 0 bridgehead atoms. The Morgan fingerprint density at radius 3 is 1.57 bits per heavy atom. The normalized spacial score (nSPS) is 44.1. The Morgan fingerprint density at radius 1 is 0.590 bits per heavy atom. The van der Waals surface area contributed by atoms with Gasteiger partial charge in [-0.3, -0.25) is 9.59 Å². The summed E-state index contributed by atoms with van der Waals surface area (Å²) in [5.74, 6) is -1.58. The highest BCUT2D eigenvalue weighted by molar-refractivity contribution is 5.73. The Kier molecular flexibility index (Phi) is 19.3. The Morgan fingerprint density at radius 2 is 1.07 bits per heavy atom. The van der Waals surface area contributed by atoms with Crippen molar-refractivity contribution in [3.63, 3.8) is 0 Å². The summed E-state index contributed by atoms with van der Waals surface area (Å²) in [5.41, 5.74) is 0. The monoisotopic (exact) mass is 896 g/mol. The van der Waals surface area contributed by atoms with Crippen LogP contribution in [0.4, 0.5) is 0 Å². The van der Waals surface area contributed by atoms with Crippen LogP contribution in [0.2, 0.25) is 0 Å². The van der Waals surface area contributed by atoms with Gasteiger partial charge in [0.05, 0.1) is 45.2 Å². The van der Waals surface area contributed by atoms with Gasteiger partial charge in [0.2, 0.25) is 11.8 Å². The van der Waals surface area contributed by atoms with E-state index in [1.54, 1.807) is 0 Å². The average Bonchev–Trinajstić information content (AvgIpc) is 3.22. The van der Waals surface area contributed by atoms with Crippen molar-refractivity contribution in [2.24, 2.45) is 0 Å². The zero-order valence-corrected chi connectivity index (χ0v) is 33.2. The van der Waals surface area contributed by atoms with Crippen molar-refractivity contribution in [1.82, 2.24) is 10.6 Å². The zero-order valence-electron chi connectivity index (χ0n) is 33.2. The van der Waals surface area contributed by atoms with Crippen LogP contribution in [-0.4, -0.2) is 269 Å². The SMILES string of the molecule is CC(=O)N[C@H]1[C@H](OC[C@@H](O)[C@H](O)[C@H](O[C@@H]2O[C@H](CO)[C@H](O)[C@H](O)[C@H]2O)[C@H](CO)NC(C)=O)O[C@H](CO)[C@@H](O[C@@H]2O[C@@H](C)[C@@H](O)[C@@H](O)[C@@H]2O)[C@@H]1O[C@@H]1O[C@H](CO)[C@H](O)[C@H](O)[C@H]1O. The molecule has 4 fully saturated rings. The third kappa shape index (κ3) is 12.0. The number of carbonyl (C=O) groups is 2. The van der Waals surface area contributed by atoms with Crippen LogP contribution in [0.5, 0.6) is 0 Å². The molecule has 4 heterocycles. The molecule has 356 valence electrons. The molecule has 4 rings (SSSR count). The molecule has 27 heteroatoms. The maximum atomic E-state index is 12.7. The highest BCUT2D eigenvalue weighted by Gasteiger charge is 2.55. The first-order chi connectivity index (χ1) is 28.7. The van der Waals surface area contributed by atoms with E-state index in [9.17, 15) is 86.2 Å². The summed E-state index contributed by atoms with van der Waals surface area (Å²) >= 11 is 0. The number of carbonyl (C=O) groups excluding carboxylic acids is 2. The van der Waals surface area contributed by atoms with Crippen LogP contribution in [0.15, 0.2) is 0 Å². The largest absolute Gasteiger partial charge is 0.394 e. The molecule has 0 unspecified atom stereocenters. The predicted molar refractivity (Wildman–Crippen MR) is 191 cm³/mol. The molecule has 24 atom stereocenters. The lowest BCUT2D eigenvalue weighted by Crippen LogP contribution is -2.70. The quantitative estimate of drug-likeness (QED) is 0.0607. The van der Waals surface area contributed by atoms with Gasteiger partial charge in [-0.15, -0.1) is 0 Å². The van der Waals surface area contributed by atoms with E-state index in [4.69, 9.17) is 37.9 Å². The molecule has 0 saturated carbocycles. The Hall–Kier alpha value is -1.98. The van der Waals surface area contributed by atoms with Gasteiger partial charge in [-0.25, -0.2) is 0 Å². The van der Waals surface area contributed by atoms with Gasteiger partial charge < -0.3 is 125 Å². The lowest BCUT2D eigenvalue weighted by molar-refractivity contribution is -0.374. The third-order valence-corrected chi connectivity index (χ3v) is 10.7. The van der Waals surface area contributed by atoms with Crippen molar-refractivity contribution >= 4 is 11.8 Å². The van der Waals surface area contributed by atoms with Gasteiger partial charge in [0.1, 0.15) is 110 Å². The van der Waals surface area contributed by atoms with Gasteiger partial charge in [0.25, 0.3) is 0 Å². The summed E-state index contributed by atoms with van der Waals surface area (Å²) < 4.78 is 45.7. The van der Waals surface area contributed by atoms with E-state index in [1.165, 1.54) is 6.92 Å². The van der Waals surface area contributed by atoms with Crippen molar-refractivity contribution in [3.05, 3.63) is 0 Å². The summed E-state index contributed by atoms with van der Waals surface area (Å²) in [5, 5.41) is 162. The van der Waals surface area contributed by atoms with E-state index in [0.717, 1.165) is 13.8 Å².